The molecule has 1 fully saturated rings. The van der Waals surface area contributed by atoms with Crippen LogP contribution in [0.3, 0.4) is 0 Å². The lowest BCUT2D eigenvalue weighted by molar-refractivity contribution is -0.107. The minimum atomic E-state index is 0.176. The summed E-state index contributed by atoms with van der Waals surface area (Å²) < 4.78 is 5.83. The lowest BCUT2D eigenvalue weighted by atomic mass is 10.2. The second-order valence-electron chi connectivity index (χ2n) is 6.44. The van der Waals surface area contributed by atoms with E-state index in [1.165, 1.54) is 63.7 Å². The summed E-state index contributed by atoms with van der Waals surface area (Å²) in [4.78, 5) is 16.5. The molecule has 0 amide bonds. The third-order valence-electron chi connectivity index (χ3n) is 4.55. The van der Waals surface area contributed by atoms with Crippen LogP contribution in [0.2, 0.25) is 0 Å². The molecule has 0 aromatic heterocycles. The van der Waals surface area contributed by atoms with Crippen LogP contribution in [0.4, 0.5) is 0 Å². The molecule has 1 unspecified atom stereocenters. The smallest absolute Gasteiger partial charge is 0.219 e. The van der Waals surface area contributed by atoms with Gasteiger partial charge in [0.15, 0.2) is 0 Å². The maximum absolute atomic E-state index is 11.6. The molecule has 4 nitrogen and oxygen atoms in total. The van der Waals surface area contributed by atoms with Crippen LogP contribution in [0.1, 0.15) is 39.5 Å². The Morgan fingerprint density at radius 1 is 1.14 bits per heavy atom. The summed E-state index contributed by atoms with van der Waals surface area (Å²) in [7, 11) is 2.20. The van der Waals surface area contributed by atoms with E-state index < -0.39 is 0 Å². The standard InChI is InChI=1S/C17H30N2O2S/c1-14-16(15(2)22-17(14)20)21-13-7-5-4-6-8-19-11-9-18(3)10-12-19/h15H,4-13H2,1-3H3. The largest absolute Gasteiger partial charge is 0.496 e. The van der Waals surface area contributed by atoms with Crippen LogP contribution in [-0.4, -0.2) is 66.5 Å². The summed E-state index contributed by atoms with van der Waals surface area (Å²) in [5, 5.41) is 0.374. The van der Waals surface area contributed by atoms with Crippen molar-refractivity contribution < 1.29 is 9.53 Å². The van der Waals surface area contributed by atoms with Crippen molar-refractivity contribution in [1.82, 2.24) is 9.80 Å². The van der Waals surface area contributed by atoms with Crippen LogP contribution < -0.4 is 0 Å². The summed E-state index contributed by atoms with van der Waals surface area (Å²) in [5.74, 6) is 0.910. The van der Waals surface area contributed by atoms with E-state index in [0.29, 0.717) is 0 Å². The highest BCUT2D eigenvalue weighted by atomic mass is 32.2. The van der Waals surface area contributed by atoms with Crippen molar-refractivity contribution in [2.45, 2.75) is 44.8 Å². The first kappa shape index (κ1) is 17.8. The van der Waals surface area contributed by atoms with Gasteiger partial charge in [-0.3, -0.25) is 4.79 Å². The first-order valence-corrected chi connectivity index (χ1v) is 9.41. The Balaban J connectivity index is 1.49. The Bertz CT molecular complexity index is 403. The van der Waals surface area contributed by atoms with Crippen molar-refractivity contribution >= 4 is 16.9 Å². The van der Waals surface area contributed by atoms with Gasteiger partial charge in [-0.1, -0.05) is 24.6 Å². The average molecular weight is 327 g/mol. The van der Waals surface area contributed by atoms with Gasteiger partial charge >= 0.3 is 0 Å². The van der Waals surface area contributed by atoms with E-state index in [2.05, 4.69) is 16.8 Å². The summed E-state index contributed by atoms with van der Waals surface area (Å²) in [6, 6.07) is 0. The van der Waals surface area contributed by atoms with Crippen LogP contribution in [0, 0.1) is 0 Å². The van der Waals surface area contributed by atoms with E-state index >= 15 is 0 Å². The van der Waals surface area contributed by atoms with Crippen LogP contribution in [0.15, 0.2) is 11.3 Å². The van der Waals surface area contributed by atoms with Crippen LogP contribution in [0.5, 0.6) is 0 Å². The molecule has 2 aliphatic heterocycles. The molecular weight excluding hydrogens is 296 g/mol. The Morgan fingerprint density at radius 3 is 2.45 bits per heavy atom. The maximum Gasteiger partial charge on any atom is 0.219 e. The molecular formula is C17H30N2O2S. The van der Waals surface area contributed by atoms with Crippen molar-refractivity contribution in [3.05, 3.63) is 11.3 Å². The Hall–Kier alpha value is -0.520. The van der Waals surface area contributed by atoms with Crippen molar-refractivity contribution in [2.24, 2.45) is 0 Å². The van der Waals surface area contributed by atoms with E-state index in [-0.39, 0.29) is 10.4 Å². The Morgan fingerprint density at radius 2 is 1.82 bits per heavy atom. The molecule has 1 atom stereocenters. The van der Waals surface area contributed by atoms with E-state index in [1.807, 2.05) is 13.8 Å². The normalized spacial score (nSPS) is 24.3. The zero-order chi connectivity index (χ0) is 15.9. The van der Waals surface area contributed by atoms with E-state index in [4.69, 9.17) is 4.74 Å². The van der Waals surface area contributed by atoms with Gasteiger partial charge in [0.25, 0.3) is 0 Å². The molecule has 0 bridgehead atoms. The third-order valence-corrected chi connectivity index (χ3v) is 5.64. The second kappa shape index (κ2) is 8.94. The maximum atomic E-state index is 11.6. The molecule has 0 aromatic rings. The minimum absolute atomic E-state index is 0.176. The molecule has 0 aromatic carbocycles. The highest BCUT2D eigenvalue weighted by Gasteiger charge is 2.28. The molecule has 126 valence electrons. The first-order valence-electron chi connectivity index (χ1n) is 8.53. The van der Waals surface area contributed by atoms with Gasteiger partial charge < -0.3 is 14.5 Å². The van der Waals surface area contributed by atoms with E-state index in [9.17, 15) is 4.79 Å². The summed E-state index contributed by atoms with van der Waals surface area (Å²) >= 11 is 1.38. The number of carbonyl (C=O) groups is 1. The molecule has 0 saturated carbocycles. The van der Waals surface area contributed by atoms with E-state index in [1.54, 1.807) is 0 Å². The monoisotopic (exact) mass is 326 g/mol. The number of nitrogens with zero attached hydrogens (tertiary/aromatic N) is 2. The van der Waals surface area contributed by atoms with Crippen molar-refractivity contribution in [3.63, 3.8) is 0 Å². The van der Waals surface area contributed by atoms with Gasteiger partial charge in [0.05, 0.1) is 11.9 Å². The second-order valence-corrected chi connectivity index (χ2v) is 7.76. The SMILES string of the molecule is CC1=C(OCCCCCCN2CCN(C)CC2)C(C)SC1=O. The Labute approximate surface area is 139 Å². The van der Waals surface area contributed by atoms with Gasteiger partial charge in [-0.2, -0.15) is 0 Å². The topological polar surface area (TPSA) is 32.8 Å². The van der Waals surface area contributed by atoms with Gasteiger partial charge in [0.1, 0.15) is 5.76 Å². The molecule has 1 saturated heterocycles. The first-order chi connectivity index (χ1) is 10.6. The minimum Gasteiger partial charge on any atom is -0.496 e. The number of thioether (sulfide) groups is 1. The summed E-state index contributed by atoms with van der Waals surface area (Å²) in [6.07, 6.45) is 4.87. The third kappa shape index (κ3) is 5.28. The number of piperazine rings is 1. The van der Waals surface area contributed by atoms with Crippen molar-refractivity contribution in [1.29, 1.82) is 0 Å². The molecule has 0 N–H and O–H groups in total. The van der Waals surface area contributed by atoms with Crippen molar-refractivity contribution in [2.75, 3.05) is 46.4 Å². The molecule has 0 aliphatic carbocycles. The number of hydrogen-bond donors (Lipinski definition) is 0. The van der Waals surface area contributed by atoms with Gasteiger partial charge in [0.2, 0.25) is 5.12 Å². The van der Waals surface area contributed by atoms with Gasteiger partial charge in [-0.05, 0) is 40.3 Å². The molecule has 0 spiro atoms. The quantitative estimate of drug-likeness (QED) is 0.641. The zero-order valence-corrected chi connectivity index (χ0v) is 15.1. The number of carbonyl (C=O) groups excluding carboxylic acids is 1. The fourth-order valence-corrected chi connectivity index (χ4v) is 3.93. The summed E-state index contributed by atoms with van der Waals surface area (Å²) in [6.45, 7) is 10.8. The van der Waals surface area contributed by atoms with Gasteiger partial charge in [-0.15, -0.1) is 0 Å². The molecule has 2 heterocycles. The zero-order valence-electron chi connectivity index (χ0n) is 14.3. The lowest BCUT2D eigenvalue weighted by Crippen LogP contribution is -2.44. The molecule has 0 radical (unpaired) electrons. The number of unbranched alkanes of at least 4 members (excludes halogenated alkanes) is 3. The van der Waals surface area contributed by atoms with Crippen LogP contribution in [-0.2, 0) is 9.53 Å². The number of likely N-dealkylation sites (N-methyl/N-ethyl adjacent to an activating group) is 1. The highest BCUT2D eigenvalue weighted by Crippen LogP contribution is 2.33. The van der Waals surface area contributed by atoms with Crippen molar-refractivity contribution in [3.8, 4) is 0 Å². The lowest BCUT2D eigenvalue weighted by Gasteiger charge is -2.32. The Kier molecular flexibility index (Phi) is 7.25. The predicted octanol–water partition coefficient (Wildman–Crippen LogP) is 2.75. The van der Waals surface area contributed by atoms with E-state index in [0.717, 1.165) is 24.4 Å². The number of rotatable bonds is 8. The predicted molar refractivity (Wildman–Crippen MR) is 93.1 cm³/mol. The van der Waals surface area contributed by atoms with Gasteiger partial charge in [-0.25, -0.2) is 0 Å². The summed E-state index contributed by atoms with van der Waals surface area (Å²) in [5.41, 5.74) is 0.813. The molecule has 22 heavy (non-hydrogen) atoms. The fourth-order valence-electron chi connectivity index (χ4n) is 2.98. The molecule has 2 rings (SSSR count). The van der Waals surface area contributed by atoms with Crippen LogP contribution >= 0.6 is 11.8 Å². The van der Waals surface area contributed by atoms with Gasteiger partial charge in [0, 0.05) is 31.8 Å². The number of hydrogen-bond acceptors (Lipinski definition) is 5. The van der Waals surface area contributed by atoms with Crippen LogP contribution in [0.25, 0.3) is 0 Å². The number of ether oxygens (including phenoxy) is 1. The molecule has 5 heteroatoms. The average Bonchev–Trinajstić information content (AvgIpc) is 2.74. The highest BCUT2D eigenvalue weighted by molar-refractivity contribution is 8.15. The fraction of sp³-hybridized carbons (Fsp3) is 0.824. The molecule has 2 aliphatic rings.